The van der Waals surface area contributed by atoms with E-state index in [0.717, 1.165) is 21.8 Å². The van der Waals surface area contributed by atoms with E-state index in [0.29, 0.717) is 28.4 Å². The summed E-state index contributed by atoms with van der Waals surface area (Å²) in [5.74, 6) is 2.33. The van der Waals surface area contributed by atoms with E-state index in [-0.39, 0.29) is 0 Å². The lowest BCUT2D eigenvalue weighted by atomic mass is 10.2. The molecule has 9 heteroatoms. The number of fused-ring (bicyclic) bond motifs is 1. The van der Waals surface area contributed by atoms with Crippen molar-refractivity contribution in [1.82, 2.24) is 29.7 Å². The summed E-state index contributed by atoms with van der Waals surface area (Å²) in [6.07, 6.45) is 0. The predicted octanol–water partition coefficient (Wildman–Crippen LogP) is 3.45. The maximum absolute atomic E-state index is 5.28. The van der Waals surface area contributed by atoms with Crippen molar-refractivity contribution < 1.29 is 4.52 Å². The fourth-order valence-electron chi connectivity index (χ4n) is 2.24. The molecule has 0 amide bonds. The molecule has 0 saturated heterocycles. The highest BCUT2D eigenvalue weighted by Gasteiger charge is 2.14. The number of nitrogens with zero attached hydrogens (tertiary/aromatic N) is 6. The molecule has 4 aromatic heterocycles. The maximum atomic E-state index is 5.28. The average molecular weight is 358 g/mol. The molecule has 4 rings (SSSR count). The highest BCUT2D eigenvalue weighted by atomic mass is 32.2. The third-order valence-corrected chi connectivity index (χ3v) is 5.46. The Morgan fingerprint density at radius 2 is 2.08 bits per heavy atom. The number of hydrogen-bond acceptors (Lipinski definition) is 8. The van der Waals surface area contributed by atoms with Crippen LogP contribution < -0.4 is 0 Å². The first-order valence-electron chi connectivity index (χ1n) is 7.31. The number of aryl methyl sites for hydroxylation is 2. The summed E-state index contributed by atoms with van der Waals surface area (Å²) < 4.78 is 7.06. The molecule has 0 aliphatic carbocycles. The molecule has 7 nitrogen and oxygen atoms in total. The minimum atomic E-state index is 0.544. The van der Waals surface area contributed by atoms with Gasteiger partial charge in [-0.3, -0.25) is 0 Å². The summed E-state index contributed by atoms with van der Waals surface area (Å²) in [6.45, 7) is 6.04. The Morgan fingerprint density at radius 1 is 1.21 bits per heavy atom. The molecule has 0 aliphatic heterocycles. The minimum Gasteiger partial charge on any atom is -0.333 e. The van der Waals surface area contributed by atoms with E-state index >= 15 is 0 Å². The van der Waals surface area contributed by atoms with Crippen molar-refractivity contribution >= 4 is 28.9 Å². The zero-order valence-corrected chi connectivity index (χ0v) is 15.0. The van der Waals surface area contributed by atoms with Crippen LogP contribution in [0.2, 0.25) is 0 Å². The van der Waals surface area contributed by atoms with E-state index in [2.05, 4.69) is 25.2 Å². The first-order chi connectivity index (χ1) is 11.6. The van der Waals surface area contributed by atoms with Crippen LogP contribution >= 0.6 is 23.1 Å². The minimum absolute atomic E-state index is 0.544. The first kappa shape index (κ1) is 15.3. The molecule has 24 heavy (non-hydrogen) atoms. The Balaban J connectivity index is 1.54. The Kier molecular flexibility index (Phi) is 3.81. The summed E-state index contributed by atoms with van der Waals surface area (Å²) in [7, 11) is 0. The second-order valence-corrected chi connectivity index (χ2v) is 7.19. The molecule has 4 aromatic rings. The summed E-state index contributed by atoms with van der Waals surface area (Å²) in [4.78, 5) is 14.3. The van der Waals surface area contributed by atoms with Crippen LogP contribution in [0.25, 0.3) is 16.5 Å². The van der Waals surface area contributed by atoms with Crippen LogP contribution in [0.1, 0.15) is 22.8 Å². The Hall–Kier alpha value is -2.26. The predicted molar refractivity (Wildman–Crippen MR) is 92.2 cm³/mol. The van der Waals surface area contributed by atoms with Gasteiger partial charge in [0.15, 0.2) is 5.82 Å². The molecular weight excluding hydrogens is 344 g/mol. The number of rotatable bonds is 4. The molecule has 122 valence electrons. The molecule has 4 heterocycles. The number of aromatic nitrogens is 6. The SMILES string of the molecule is Cc1nc2nc(SCc3noc(-c4cccs4)n3)nn2c(C)c1C. The Labute approximate surface area is 146 Å². The molecule has 0 bridgehead atoms. The van der Waals surface area contributed by atoms with E-state index < -0.39 is 0 Å². The second kappa shape index (κ2) is 5.99. The summed E-state index contributed by atoms with van der Waals surface area (Å²) in [6, 6.07) is 3.91. The molecule has 0 spiro atoms. The second-order valence-electron chi connectivity index (χ2n) is 5.30. The first-order valence-corrected chi connectivity index (χ1v) is 9.18. The zero-order chi connectivity index (χ0) is 16.7. The van der Waals surface area contributed by atoms with Gasteiger partial charge in [0.2, 0.25) is 5.16 Å². The Bertz CT molecular complexity index is 1000. The molecule has 0 saturated carbocycles. The molecule has 0 aliphatic rings. The van der Waals surface area contributed by atoms with Gasteiger partial charge in [-0.05, 0) is 37.8 Å². The topological polar surface area (TPSA) is 82.0 Å². The zero-order valence-electron chi connectivity index (χ0n) is 13.3. The molecule has 0 N–H and O–H groups in total. The van der Waals surface area contributed by atoms with Crippen LogP contribution in [0.3, 0.4) is 0 Å². The number of thioether (sulfide) groups is 1. The van der Waals surface area contributed by atoms with E-state index in [1.54, 1.807) is 15.9 Å². The summed E-state index contributed by atoms with van der Waals surface area (Å²) in [5.41, 5.74) is 3.15. The standard InChI is InChI=1S/C15H14N6OS2/c1-8-9(2)16-14-18-15(19-21(14)10(8)3)24-7-12-17-13(22-20-12)11-5-4-6-23-11/h4-6H,7H2,1-3H3. The quantitative estimate of drug-likeness (QED) is 0.517. The van der Waals surface area contributed by atoms with Crippen LogP contribution in [-0.2, 0) is 5.75 Å². The fourth-order valence-corrected chi connectivity index (χ4v) is 3.55. The summed E-state index contributed by atoms with van der Waals surface area (Å²) >= 11 is 3.04. The van der Waals surface area contributed by atoms with E-state index in [4.69, 9.17) is 4.52 Å². The lowest BCUT2D eigenvalue weighted by Crippen LogP contribution is -2.02. The molecule has 0 aromatic carbocycles. The highest BCUT2D eigenvalue weighted by molar-refractivity contribution is 7.98. The van der Waals surface area contributed by atoms with Crippen LogP contribution in [0.5, 0.6) is 0 Å². The fraction of sp³-hybridized carbons (Fsp3) is 0.267. The molecular formula is C15H14N6OS2. The van der Waals surface area contributed by atoms with Crippen LogP contribution in [0.15, 0.2) is 27.2 Å². The van der Waals surface area contributed by atoms with Crippen molar-refractivity contribution in [2.75, 3.05) is 0 Å². The van der Waals surface area contributed by atoms with Gasteiger partial charge in [0, 0.05) is 11.4 Å². The third-order valence-electron chi connectivity index (χ3n) is 3.77. The lowest BCUT2D eigenvalue weighted by molar-refractivity contribution is 0.426. The maximum Gasteiger partial charge on any atom is 0.268 e. The smallest absolute Gasteiger partial charge is 0.268 e. The van der Waals surface area contributed by atoms with Crippen molar-refractivity contribution in [2.45, 2.75) is 31.7 Å². The van der Waals surface area contributed by atoms with Gasteiger partial charge in [-0.25, -0.2) is 9.50 Å². The van der Waals surface area contributed by atoms with Crippen molar-refractivity contribution in [3.63, 3.8) is 0 Å². The summed E-state index contributed by atoms with van der Waals surface area (Å²) in [5, 5.41) is 11.1. The van der Waals surface area contributed by atoms with E-state index in [1.807, 2.05) is 38.3 Å². The van der Waals surface area contributed by atoms with Gasteiger partial charge in [-0.15, -0.1) is 16.4 Å². The van der Waals surface area contributed by atoms with Crippen molar-refractivity contribution in [1.29, 1.82) is 0 Å². The van der Waals surface area contributed by atoms with E-state index in [1.165, 1.54) is 11.8 Å². The third kappa shape index (κ3) is 2.69. The molecule has 0 unspecified atom stereocenters. The van der Waals surface area contributed by atoms with Crippen LogP contribution in [-0.4, -0.2) is 29.7 Å². The van der Waals surface area contributed by atoms with E-state index in [9.17, 15) is 0 Å². The number of thiophene rings is 1. The number of hydrogen-bond donors (Lipinski definition) is 0. The average Bonchev–Trinajstić information content (AvgIpc) is 3.29. The van der Waals surface area contributed by atoms with Gasteiger partial charge in [-0.2, -0.15) is 9.97 Å². The van der Waals surface area contributed by atoms with Gasteiger partial charge >= 0.3 is 0 Å². The highest BCUT2D eigenvalue weighted by Crippen LogP contribution is 2.25. The van der Waals surface area contributed by atoms with Gasteiger partial charge in [0.05, 0.1) is 10.6 Å². The van der Waals surface area contributed by atoms with Crippen molar-refractivity contribution in [2.24, 2.45) is 0 Å². The van der Waals surface area contributed by atoms with Crippen molar-refractivity contribution in [3.8, 4) is 10.8 Å². The van der Waals surface area contributed by atoms with Crippen LogP contribution in [0, 0.1) is 20.8 Å². The molecule has 0 radical (unpaired) electrons. The molecule has 0 atom stereocenters. The van der Waals surface area contributed by atoms with Gasteiger partial charge in [0.25, 0.3) is 11.7 Å². The van der Waals surface area contributed by atoms with Crippen molar-refractivity contribution in [3.05, 3.63) is 40.3 Å². The van der Waals surface area contributed by atoms with Gasteiger partial charge in [-0.1, -0.05) is 23.0 Å². The lowest BCUT2D eigenvalue weighted by Gasteiger charge is -2.04. The molecule has 0 fully saturated rings. The largest absolute Gasteiger partial charge is 0.333 e. The van der Waals surface area contributed by atoms with Gasteiger partial charge in [0.1, 0.15) is 0 Å². The Morgan fingerprint density at radius 3 is 2.88 bits per heavy atom. The normalized spacial score (nSPS) is 11.5. The van der Waals surface area contributed by atoms with Crippen LogP contribution in [0.4, 0.5) is 0 Å². The van der Waals surface area contributed by atoms with Gasteiger partial charge < -0.3 is 4.52 Å². The monoisotopic (exact) mass is 358 g/mol.